The van der Waals surface area contributed by atoms with Crippen LogP contribution in [0.3, 0.4) is 0 Å². The molecule has 0 saturated carbocycles. The highest BCUT2D eigenvalue weighted by molar-refractivity contribution is 9.10. The highest BCUT2D eigenvalue weighted by Gasteiger charge is 2.18. The number of carbonyl (C=O) groups is 1. The van der Waals surface area contributed by atoms with Crippen LogP contribution in [0, 0.1) is 10.1 Å². The molecule has 2 aromatic carbocycles. The minimum absolute atomic E-state index is 0.174. The molecule has 24 heavy (non-hydrogen) atoms. The molecule has 0 heterocycles. The Morgan fingerprint density at radius 1 is 1.12 bits per heavy atom. The van der Waals surface area contributed by atoms with Gasteiger partial charge in [-0.15, -0.1) is 0 Å². The van der Waals surface area contributed by atoms with Crippen molar-refractivity contribution in [2.45, 2.75) is 0 Å². The van der Waals surface area contributed by atoms with Gasteiger partial charge in [-0.3, -0.25) is 14.9 Å². The lowest BCUT2D eigenvalue weighted by molar-refractivity contribution is -0.385. The smallest absolute Gasteiger partial charge is 0.280 e. The van der Waals surface area contributed by atoms with Crippen molar-refractivity contribution in [1.29, 1.82) is 0 Å². The zero-order valence-electron chi connectivity index (χ0n) is 13.0. The number of allylic oxidation sites excluding steroid dienone is 1. The van der Waals surface area contributed by atoms with Crippen molar-refractivity contribution in [2.24, 2.45) is 0 Å². The Labute approximate surface area is 147 Å². The van der Waals surface area contributed by atoms with Crippen LogP contribution in [-0.4, -0.2) is 24.9 Å². The lowest BCUT2D eigenvalue weighted by Gasteiger charge is -2.08. The number of hydrogen-bond acceptors (Lipinski definition) is 5. The molecular formula is C17H14BrNO5. The van der Waals surface area contributed by atoms with Crippen molar-refractivity contribution in [2.75, 3.05) is 14.2 Å². The summed E-state index contributed by atoms with van der Waals surface area (Å²) in [5.74, 6) is 0.339. The van der Waals surface area contributed by atoms with Crippen LogP contribution in [0.4, 0.5) is 5.69 Å². The number of hydrogen-bond donors (Lipinski definition) is 0. The number of halogens is 1. The summed E-state index contributed by atoms with van der Waals surface area (Å²) in [6.45, 7) is 0. The molecule has 0 saturated heterocycles. The van der Waals surface area contributed by atoms with Gasteiger partial charge >= 0.3 is 0 Å². The molecule has 7 heteroatoms. The van der Waals surface area contributed by atoms with Crippen LogP contribution in [-0.2, 0) is 0 Å². The molecule has 2 aromatic rings. The Balaban J connectivity index is 2.38. The maximum absolute atomic E-state index is 12.2. The van der Waals surface area contributed by atoms with Crippen molar-refractivity contribution >= 4 is 33.5 Å². The first-order chi connectivity index (χ1) is 11.5. The highest BCUT2D eigenvalue weighted by Crippen LogP contribution is 2.35. The van der Waals surface area contributed by atoms with Crippen LogP contribution >= 0.6 is 15.9 Å². The first kappa shape index (κ1) is 17.7. The standard InChI is InChI=1S/C17H14BrNO5/c1-23-16-9-12(14(19(21)22)10-17(16)24-2)5-8-15(20)11-3-6-13(18)7-4-11/h3-10H,1-2H3/b8-5+. The van der Waals surface area contributed by atoms with E-state index in [1.807, 2.05) is 0 Å². The zero-order valence-corrected chi connectivity index (χ0v) is 14.6. The summed E-state index contributed by atoms with van der Waals surface area (Å²) in [7, 11) is 2.83. The van der Waals surface area contributed by atoms with E-state index in [9.17, 15) is 14.9 Å². The number of ether oxygens (including phenoxy) is 2. The zero-order chi connectivity index (χ0) is 17.7. The van der Waals surface area contributed by atoms with Gasteiger partial charge in [-0.1, -0.05) is 15.9 Å². The number of carbonyl (C=O) groups excluding carboxylic acids is 1. The third-order valence-corrected chi connectivity index (χ3v) is 3.80. The van der Waals surface area contributed by atoms with E-state index in [1.165, 1.54) is 38.5 Å². The van der Waals surface area contributed by atoms with E-state index >= 15 is 0 Å². The average Bonchev–Trinajstić information content (AvgIpc) is 2.59. The molecule has 2 rings (SSSR count). The molecule has 0 amide bonds. The van der Waals surface area contributed by atoms with Gasteiger partial charge in [-0.2, -0.15) is 0 Å². The normalized spacial score (nSPS) is 10.6. The lowest BCUT2D eigenvalue weighted by atomic mass is 10.1. The summed E-state index contributed by atoms with van der Waals surface area (Å²) in [5.41, 5.74) is 0.563. The number of nitro groups is 1. The maximum Gasteiger partial charge on any atom is 0.280 e. The van der Waals surface area contributed by atoms with Crippen LogP contribution in [0.15, 0.2) is 46.9 Å². The van der Waals surface area contributed by atoms with Gasteiger partial charge in [0.05, 0.1) is 30.8 Å². The molecule has 0 aliphatic rings. The predicted molar refractivity (Wildman–Crippen MR) is 93.7 cm³/mol. The minimum atomic E-state index is -0.536. The Morgan fingerprint density at radius 3 is 2.25 bits per heavy atom. The Kier molecular flexibility index (Phi) is 5.70. The molecule has 124 valence electrons. The highest BCUT2D eigenvalue weighted by atomic mass is 79.9. The fourth-order valence-corrected chi connectivity index (χ4v) is 2.32. The summed E-state index contributed by atoms with van der Waals surface area (Å²) in [6, 6.07) is 9.56. The van der Waals surface area contributed by atoms with E-state index in [0.717, 1.165) is 4.47 Å². The largest absolute Gasteiger partial charge is 0.493 e. The maximum atomic E-state index is 12.2. The molecule has 0 N–H and O–H groups in total. The second-order valence-electron chi connectivity index (χ2n) is 4.73. The summed E-state index contributed by atoms with van der Waals surface area (Å²) in [6.07, 6.45) is 2.68. The fourth-order valence-electron chi connectivity index (χ4n) is 2.05. The lowest BCUT2D eigenvalue weighted by Crippen LogP contribution is -1.98. The van der Waals surface area contributed by atoms with E-state index in [1.54, 1.807) is 24.3 Å². The van der Waals surface area contributed by atoms with Crippen LogP contribution < -0.4 is 9.47 Å². The van der Waals surface area contributed by atoms with Crippen molar-refractivity contribution in [3.05, 3.63) is 68.2 Å². The van der Waals surface area contributed by atoms with Crippen LogP contribution in [0.1, 0.15) is 15.9 Å². The van der Waals surface area contributed by atoms with Crippen molar-refractivity contribution in [3.8, 4) is 11.5 Å². The van der Waals surface area contributed by atoms with Gasteiger partial charge < -0.3 is 9.47 Å². The summed E-state index contributed by atoms with van der Waals surface area (Å²) in [5, 5.41) is 11.2. The Hall–Kier alpha value is -2.67. The molecule has 0 fully saturated rings. The van der Waals surface area contributed by atoms with E-state index in [4.69, 9.17) is 9.47 Å². The van der Waals surface area contributed by atoms with E-state index in [2.05, 4.69) is 15.9 Å². The fraction of sp³-hybridized carbons (Fsp3) is 0.118. The van der Waals surface area contributed by atoms with Crippen molar-refractivity contribution in [3.63, 3.8) is 0 Å². The monoisotopic (exact) mass is 391 g/mol. The van der Waals surface area contributed by atoms with Crippen LogP contribution in [0.25, 0.3) is 6.08 Å². The number of benzene rings is 2. The quantitative estimate of drug-likeness (QED) is 0.318. The van der Waals surface area contributed by atoms with E-state index in [0.29, 0.717) is 11.3 Å². The molecule has 0 spiro atoms. The summed E-state index contributed by atoms with van der Waals surface area (Å²) in [4.78, 5) is 22.9. The Morgan fingerprint density at radius 2 is 1.71 bits per heavy atom. The Bertz CT molecular complexity index is 799. The topological polar surface area (TPSA) is 78.7 Å². The molecule has 0 aromatic heterocycles. The number of rotatable bonds is 6. The number of ketones is 1. The number of nitro benzene ring substituents is 1. The van der Waals surface area contributed by atoms with Gasteiger partial charge in [0, 0.05) is 10.0 Å². The van der Waals surface area contributed by atoms with Crippen LogP contribution in [0.5, 0.6) is 11.5 Å². The molecule has 0 atom stereocenters. The van der Waals surface area contributed by atoms with Gasteiger partial charge in [0.2, 0.25) is 0 Å². The summed E-state index contributed by atoms with van der Waals surface area (Å²) < 4.78 is 11.1. The van der Waals surface area contributed by atoms with Crippen molar-refractivity contribution in [1.82, 2.24) is 0 Å². The molecule has 0 aliphatic carbocycles. The van der Waals surface area contributed by atoms with Gasteiger partial charge in [0.15, 0.2) is 17.3 Å². The minimum Gasteiger partial charge on any atom is -0.493 e. The molecule has 0 unspecified atom stereocenters. The molecule has 0 bridgehead atoms. The van der Waals surface area contributed by atoms with Gasteiger partial charge in [0.25, 0.3) is 5.69 Å². The van der Waals surface area contributed by atoms with Crippen LogP contribution in [0.2, 0.25) is 0 Å². The second-order valence-corrected chi connectivity index (χ2v) is 5.64. The summed E-state index contributed by atoms with van der Waals surface area (Å²) >= 11 is 3.30. The average molecular weight is 392 g/mol. The SMILES string of the molecule is COc1cc(/C=C/C(=O)c2ccc(Br)cc2)c([N+](=O)[O-])cc1OC. The number of nitrogens with zero attached hydrogens (tertiary/aromatic N) is 1. The molecule has 6 nitrogen and oxygen atoms in total. The molecule has 0 radical (unpaired) electrons. The van der Waals surface area contributed by atoms with Gasteiger partial charge in [-0.05, 0) is 42.5 Å². The first-order valence-electron chi connectivity index (χ1n) is 6.84. The predicted octanol–water partition coefficient (Wildman–Crippen LogP) is 4.27. The third kappa shape index (κ3) is 3.99. The van der Waals surface area contributed by atoms with Gasteiger partial charge in [0.1, 0.15) is 0 Å². The van der Waals surface area contributed by atoms with Gasteiger partial charge in [-0.25, -0.2) is 0 Å². The second kappa shape index (κ2) is 7.74. The van der Waals surface area contributed by atoms with E-state index < -0.39 is 4.92 Å². The molecular weight excluding hydrogens is 378 g/mol. The first-order valence-corrected chi connectivity index (χ1v) is 7.64. The number of methoxy groups -OCH3 is 2. The molecule has 0 aliphatic heterocycles. The third-order valence-electron chi connectivity index (χ3n) is 3.27. The van der Waals surface area contributed by atoms with E-state index in [-0.39, 0.29) is 22.8 Å². The van der Waals surface area contributed by atoms with Crippen molar-refractivity contribution < 1.29 is 19.2 Å².